The topological polar surface area (TPSA) is 71.9 Å². The number of para-hydroxylation sites is 1. The number of thiophene rings is 1. The van der Waals surface area contributed by atoms with Crippen molar-refractivity contribution in [2.45, 2.75) is 6.61 Å². The van der Waals surface area contributed by atoms with Crippen molar-refractivity contribution in [2.75, 3.05) is 0 Å². The average molecular weight is 385 g/mol. The molecule has 0 N–H and O–H groups in total. The highest BCUT2D eigenvalue weighted by atomic mass is 32.1. The molecule has 0 saturated carbocycles. The molecule has 6 heteroatoms. The normalized spacial score (nSPS) is 11.2. The maximum Gasteiger partial charge on any atom is 0.268 e. The number of hydrogen-bond acceptors (Lipinski definition) is 6. The third-order valence-corrected chi connectivity index (χ3v) is 4.84. The van der Waals surface area contributed by atoms with Gasteiger partial charge in [0.15, 0.2) is 0 Å². The minimum Gasteiger partial charge on any atom is -0.488 e. The molecule has 0 unspecified atom stereocenters. The second kappa shape index (κ2) is 8.33. The zero-order chi connectivity index (χ0) is 19.2. The SMILES string of the molecule is N#C/C(=C\c1ccccc1OCc1ccccc1)c1nc(-c2cccs2)no1. The molecule has 0 aliphatic rings. The fraction of sp³-hybridized carbons (Fsp3) is 0.0455. The van der Waals surface area contributed by atoms with E-state index in [0.29, 0.717) is 18.2 Å². The minimum atomic E-state index is 0.184. The number of rotatable bonds is 6. The summed E-state index contributed by atoms with van der Waals surface area (Å²) in [4.78, 5) is 5.23. The first-order valence-corrected chi connectivity index (χ1v) is 9.47. The van der Waals surface area contributed by atoms with Crippen molar-refractivity contribution >= 4 is 23.0 Å². The van der Waals surface area contributed by atoms with Gasteiger partial charge in [0.1, 0.15) is 24.0 Å². The molecule has 4 aromatic rings. The first-order chi connectivity index (χ1) is 13.8. The van der Waals surface area contributed by atoms with Gasteiger partial charge in [-0.2, -0.15) is 10.2 Å². The summed E-state index contributed by atoms with van der Waals surface area (Å²) >= 11 is 1.51. The van der Waals surface area contributed by atoms with Crippen molar-refractivity contribution in [1.82, 2.24) is 10.1 Å². The Bertz CT molecular complexity index is 1130. The molecule has 28 heavy (non-hydrogen) atoms. The Morgan fingerprint density at radius 3 is 2.68 bits per heavy atom. The fourth-order valence-corrected chi connectivity index (χ4v) is 3.25. The Labute approximate surface area is 166 Å². The van der Waals surface area contributed by atoms with Crippen molar-refractivity contribution in [2.24, 2.45) is 0 Å². The lowest BCUT2D eigenvalue weighted by Crippen LogP contribution is -1.96. The summed E-state index contributed by atoms with van der Waals surface area (Å²) in [6, 6.07) is 23.4. The maximum atomic E-state index is 9.60. The molecule has 2 aromatic carbocycles. The van der Waals surface area contributed by atoms with Crippen LogP contribution in [0.5, 0.6) is 5.75 Å². The number of allylic oxidation sites excluding steroid dienone is 1. The van der Waals surface area contributed by atoms with Crippen LogP contribution in [0.3, 0.4) is 0 Å². The first-order valence-electron chi connectivity index (χ1n) is 8.59. The predicted octanol–water partition coefficient (Wildman–Crippen LogP) is 5.44. The molecular formula is C22H15N3O2S. The Hall–Kier alpha value is -3.69. The molecule has 2 aromatic heterocycles. The highest BCUT2D eigenvalue weighted by molar-refractivity contribution is 7.13. The van der Waals surface area contributed by atoms with Crippen LogP contribution in [0.4, 0.5) is 0 Å². The van der Waals surface area contributed by atoms with E-state index in [2.05, 4.69) is 16.2 Å². The van der Waals surface area contributed by atoms with Crippen LogP contribution < -0.4 is 4.74 Å². The van der Waals surface area contributed by atoms with Crippen molar-refractivity contribution in [3.05, 3.63) is 89.1 Å². The number of ether oxygens (including phenoxy) is 1. The molecule has 4 rings (SSSR count). The van der Waals surface area contributed by atoms with Crippen LogP contribution >= 0.6 is 11.3 Å². The summed E-state index contributed by atoms with van der Waals surface area (Å²) in [6.45, 7) is 0.441. The van der Waals surface area contributed by atoms with Crippen LogP contribution in [-0.4, -0.2) is 10.1 Å². The van der Waals surface area contributed by atoms with Crippen LogP contribution in [0.15, 0.2) is 76.6 Å². The van der Waals surface area contributed by atoms with E-state index < -0.39 is 0 Å². The fourth-order valence-electron chi connectivity index (χ4n) is 2.60. The molecule has 0 spiro atoms. The third-order valence-electron chi connectivity index (χ3n) is 3.97. The molecule has 5 nitrogen and oxygen atoms in total. The van der Waals surface area contributed by atoms with Gasteiger partial charge in [0.05, 0.1) is 4.88 Å². The molecule has 0 bridgehead atoms. The van der Waals surface area contributed by atoms with E-state index in [-0.39, 0.29) is 11.5 Å². The minimum absolute atomic E-state index is 0.184. The van der Waals surface area contributed by atoms with Crippen molar-refractivity contribution in [3.8, 4) is 22.5 Å². The average Bonchev–Trinajstić information content (AvgIpc) is 3.44. The Morgan fingerprint density at radius 2 is 1.89 bits per heavy atom. The lowest BCUT2D eigenvalue weighted by atomic mass is 10.1. The Balaban J connectivity index is 1.59. The van der Waals surface area contributed by atoms with Gasteiger partial charge in [0.25, 0.3) is 5.89 Å². The highest BCUT2D eigenvalue weighted by Crippen LogP contribution is 2.27. The lowest BCUT2D eigenvalue weighted by Gasteiger charge is -2.09. The van der Waals surface area contributed by atoms with E-state index in [4.69, 9.17) is 9.26 Å². The molecule has 0 radical (unpaired) electrons. The van der Waals surface area contributed by atoms with Gasteiger partial charge >= 0.3 is 0 Å². The van der Waals surface area contributed by atoms with Gasteiger partial charge in [-0.25, -0.2) is 0 Å². The van der Waals surface area contributed by atoms with Gasteiger partial charge in [-0.15, -0.1) is 11.3 Å². The van der Waals surface area contributed by atoms with E-state index in [9.17, 15) is 5.26 Å². The largest absolute Gasteiger partial charge is 0.488 e. The van der Waals surface area contributed by atoms with Gasteiger partial charge < -0.3 is 9.26 Å². The molecule has 0 saturated heterocycles. The Morgan fingerprint density at radius 1 is 1.07 bits per heavy atom. The molecule has 2 heterocycles. The third kappa shape index (κ3) is 4.00. The standard InChI is InChI=1S/C22H15N3O2S/c23-14-18(22-24-21(25-27-22)20-11-6-12-28-20)13-17-9-4-5-10-19(17)26-15-16-7-2-1-3-8-16/h1-13H,15H2/b18-13+. The van der Waals surface area contributed by atoms with Gasteiger partial charge in [-0.1, -0.05) is 59.8 Å². The van der Waals surface area contributed by atoms with Gasteiger partial charge in [0.2, 0.25) is 5.82 Å². The second-order valence-corrected chi connectivity index (χ2v) is 6.83. The van der Waals surface area contributed by atoms with Gasteiger partial charge in [0, 0.05) is 5.56 Å². The number of nitriles is 1. The monoisotopic (exact) mass is 385 g/mol. The summed E-state index contributed by atoms with van der Waals surface area (Å²) < 4.78 is 11.2. The van der Waals surface area contributed by atoms with E-state index >= 15 is 0 Å². The number of benzene rings is 2. The second-order valence-electron chi connectivity index (χ2n) is 5.88. The van der Waals surface area contributed by atoms with Gasteiger partial charge in [-0.05, 0) is 29.2 Å². The predicted molar refractivity (Wildman–Crippen MR) is 108 cm³/mol. The molecule has 0 aliphatic carbocycles. The van der Waals surface area contributed by atoms with Crippen LogP contribution in [0.1, 0.15) is 17.0 Å². The molecule has 0 aliphatic heterocycles. The van der Waals surface area contributed by atoms with Crippen molar-refractivity contribution in [3.63, 3.8) is 0 Å². The van der Waals surface area contributed by atoms with Crippen LogP contribution in [-0.2, 0) is 6.61 Å². The molecule has 0 atom stereocenters. The molecular weight excluding hydrogens is 370 g/mol. The zero-order valence-corrected chi connectivity index (χ0v) is 15.6. The zero-order valence-electron chi connectivity index (χ0n) is 14.8. The van der Waals surface area contributed by atoms with E-state index in [1.165, 1.54) is 11.3 Å². The number of nitrogens with zero attached hydrogens (tertiary/aromatic N) is 3. The van der Waals surface area contributed by atoms with Crippen LogP contribution in [0.2, 0.25) is 0 Å². The number of hydrogen-bond donors (Lipinski definition) is 0. The van der Waals surface area contributed by atoms with Crippen LogP contribution in [0, 0.1) is 11.3 Å². The van der Waals surface area contributed by atoms with Gasteiger partial charge in [-0.3, -0.25) is 0 Å². The summed E-state index contributed by atoms with van der Waals surface area (Å²) in [6.07, 6.45) is 1.70. The first kappa shape index (κ1) is 17.7. The lowest BCUT2D eigenvalue weighted by molar-refractivity contribution is 0.305. The molecule has 136 valence electrons. The Kier molecular flexibility index (Phi) is 5.27. The maximum absolute atomic E-state index is 9.60. The summed E-state index contributed by atoms with van der Waals surface area (Å²) in [7, 11) is 0. The van der Waals surface area contributed by atoms with E-state index in [1.54, 1.807) is 6.08 Å². The smallest absolute Gasteiger partial charge is 0.268 e. The quantitative estimate of drug-likeness (QED) is 0.413. The van der Waals surface area contributed by atoms with Crippen molar-refractivity contribution in [1.29, 1.82) is 5.26 Å². The van der Waals surface area contributed by atoms with Crippen LogP contribution in [0.25, 0.3) is 22.4 Å². The van der Waals surface area contributed by atoms with E-state index in [1.807, 2.05) is 72.1 Å². The molecule has 0 fully saturated rings. The van der Waals surface area contributed by atoms with Crippen molar-refractivity contribution < 1.29 is 9.26 Å². The summed E-state index contributed by atoms with van der Waals surface area (Å²) in [5.41, 5.74) is 2.12. The van der Waals surface area contributed by atoms with E-state index in [0.717, 1.165) is 16.0 Å². The molecule has 0 amide bonds. The summed E-state index contributed by atoms with van der Waals surface area (Å²) in [5, 5.41) is 15.5. The highest BCUT2D eigenvalue weighted by Gasteiger charge is 2.14. The number of aromatic nitrogens is 2. The summed E-state index contributed by atoms with van der Waals surface area (Å²) in [5.74, 6) is 1.33.